The number of aryl methyl sites for hydroxylation is 2. The van der Waals surface area contributed by atoms with E-state index in [1.165, 1.54) is 24.3 Å². The monoisotopic (exact) mass is 474 g/mol. The highest BCUT2D eigenvalue weighted by atomic mass is 32.2. The zero-order chi connectivity index (χ0) is 24.1. The van der Waals surface area contributed by atoms with E-state index in [9.17, 15) is 13.2 Å². The molecular formula is C27H26N2O4S. The Bertz CT molecular complexity index is 1410. The normalized spacial score (nSPS) is 11.2. The minimum atomic E-state index is -3.74. The lowest BCUT2D eigenvalue weighted by molar-refractivity contribution is -0.123. The van der Waals surface area contributed by atoms with Crippen molar-refractivity contribution in [2.75, 3.05) is 11.3 Å². The molecule has 6 nitrogen and oxygen atoms in total. The van der Waals surface area contributed by atoms with Crippen molar-refractivity contribution in [2.45, 2.75) is 25.3 Å². The number of rotatable bonds is 8. The predicted octanol–water partition coefficient (Wildman–Crippen LogP) is 4.95. The number of carbonyl (C=O) groups excluding carboxylic acids is 1. The van der Waals surface area contributed by atoms with Gasteiger partial charge in [-0.3, -0.25) is 9.52 Å². The summed E-state index contributed by atoms with van der Waals surface area (Å²) in [5, 5.41) is 5.08. The van der Waals surface area contributed by atoms with Crippen molar-refractivity contribution in [2.24, 2.45) is 0 Å². The summed E-state index contributed by atoms with van der Waals surface area (Å²) < 4.78 is 33.5. The van der Waals surface area contributed by atoms with E-state index in [-0.39, 0.29) is 17.4 Å². The quantitative estimate of drug-likeness (QED) is 0.378. The van der Waals surface area contributed by atoms with E-state index >= 15 is 0 Å². The second-order valence-corrected chi connectivity index (χ2v) is 9.84. The molecular weight excluding hydrogens is 448 g/mol. The zero-order valence-electron chi connectivity index (χ0n) is 19.0. The highest BCUT2D eigenvalue weighted by Gasteiger charge is 2.15. The largest absolute Gasteiger partial charge is 0.484 e. The van der Waals surface area contributed by atoms with Gasteiger partial charge >= 0.3 is 0 Å². The van der Waals surface area contributed by atoms with Crippen molar-refractivity contribution in [3.05, 3.63) is 102 Å². The molecule has 1 amide bonds. The first-order valence-electron chi connectivity index (χ1n) is 10.9. The summed E-state index contributed by atoms with van der Waals surface area (Å²) in [6.07, 6.45) is 0. The van der Waals surface area contributed by atoms with Crippen LogP contribution in [-0.4, -0.2) is 20.9 Å². The maximum atomic E-state index is 12.7. The van der Waals surface area contributed by atoms with Crippen LogP contribution in [0, 0.1) is 13.8 Å². The van der Waals surface area contributed by atoms with Gasteiger partial charge in [0.1, 0.15) is 5.75 Å². The van der Waals surface area contributed by atoms with E-state index in [4.69, 9.17) is 4.74 Å². The Hall–Kier alpha value is -3.84. The average Bonchev–Trinajstić information content (AvgIpc) is 2.80. The predicted molar refractivity (Wildman–Crippen MR) is 134 cm³/mol. The number of fused-ring (bicyclic) bond motifs is 1. The van der Waals surface area contributed by atoms with Crippen molar-refractivity contribution in [3.63, 3.8) is 0 Å². The van der Waals surface area contributed by atoms with Crippen LogP contribution in [-0.2, 0) is 21.4 Å². The molecule has 0 atom stereocenters. The van der Waals surface area contributed by atoms with Gasteiger partial charge in [0.25, 0.3) is 15.9 Å². The fraction of sp³-hybridized carbons (Fsp3) is 0.148. The maximum Gasteiger partial charge on any atom is 0.261 e. The summed E-state index contributed by atoms with van der Waals surface area (Å²) in [6, 6.07) is 25.5. The molecule has 0 saturated heterocycles. The first kappa shape index (κ1) is 23.3. The molecule has 2 N–H and O–H groups in total. The molecule has 0 radical (unpaired) electrons. The summed E-state index contributed by atoms with van der Waals surface area (Å²) >= 11 is 0. The molecule has 4 aromatic carbocycles. The molecule has 0 heterocycles. The molecule has 174 valence electrons. The average molecular weight is 475 g/mol. The standard InChI is InChI=1S/C27H26N2O4S/c1-19-14-20(2)16-23(15-19)29-34(31,32)25-12-10-24(11-13-25)33-18-27(30)28-17-22-8-5-7-21-6-3-4-9-26(21)22/h3-16,29H,17-18H2,1-2H3,(H,28,30). The Morgan fingerprint density at radius 2 is 1.53 bits per heavy atom. The zero-order valence-corrected chi connectivity index (χ0v) is 19.9. The Balaban J connectivity index is 1.33. The van der Waals surface area contributed by atoms with Gasteiger partial charge in [0.05, 0.1) is 4.90 Å². The van der Waals surface area contributed by atoms with Crippen LogP contribution in [0.15, 0.2) is 89.8 Å². The lowest BCUT2D eigenvalue weighted by Crippen LogP contribution is -2.28. The van der Waals surface area contributed by atoms with Crippen LogP contribution < -0.4 is 14.8 Å². The van der Waals surface area contributed by atoms with Gasteiger partial charge in [0, 0.05) is 12.2 Å². The van der Waals surface area contributed by atoms with Crippen LogP contribution in [0.25, 0.3) is 10.8 Å². The van der Waals surface area contributed by atoms with E-state index in [0.29, 0.717) is 18.0 Å². The van der Waals surface area contributed by atoms with Gasteiger partial charge in [-0.05, 0) is 77.7 Å². The van der Waals surface area contributed by atoms with E-state index in [2.05, 4.69) is 10.0 Å². The van der Waals surface area contributed by atoms with Crippen LogP contribution in [0.2, 0.25) is 0 Å². The maximum absolute atomic E-state index is 12.7. The second-order valence-electron chi connectivity index (χ2n) is 8.16. The molecule has 0 unspecified atom stereocenters. The molecule has 0 fully saturated rings. The summed E-state index contributed by atoms with van der Waals surface area (Å²) in [5.74, 6) is 0.145. The first-order chi connectivity index (χ1) is 16.3. The Labute approximate surface area is 199 Å². The fourth-order valence-electron chi connectivity index (χ4n) is 3.80. The van der Waals surface area contributed by atoms with Gasteiger partial charge in [-0.1, -0.05) is 48.5 Å². The van der Waals surface area contributed by atoms with Crippen molar-refractivity contribution in [1.29, 1.82) is 0 Å². The molecule has 0 aliphatic carbocycles. The minimum Gasteiger partial charge on any atom is -0.484 e. The molecule has 7 heteroatoms. The molecule has 0 aliphatic heterocycles. The summed E-state index contributed by atoms with van der Waals surface area (Å²) in [7, 11) is -3.74. The number of ether oxygens (including phenoxy) is 1. The lowest BCUT2D eigenvalue weighted by atomic mass is 10.0. The van der Waals surface area contributed by atoms with Gasteiger partial charge in [-0.25, -0.2) is 8.42 Å². The highest BCUT2D eigenvalue weighted by Crippen LogP contribution is 2.21. The number of benzene rings is 4. The van der Waals surface area contributed by atoms with E-state index in [1.807, 2.05) is 62.4 Å². The number of hydrogen-bond acceptors (Lipinski definition) is 4. The van der Waals surface area contributed by atoms with Gasteiger partial charge in [0.15, 0.2) is 6.61 Å². The van der Waals surface area contributed by atoms with E-state index < -0.39 is 10.0 Å². The third-order valence-electron chi connectivity index (χ3n) is 5.33. The molecule has 0 spiro atoms. The van der Waals surface area contributed by atoms with Gasteiger partial charge in [-0.2, -0.15) is 0 Å². The number of carbonyl (C=O) groups is 1. The lowest BCUT2D eigenvalue weighted by Gasteiger charge is -2.11. The molecule has 0 saturated carbocycles. The molecule has 4 aromatic rings. The van der Waals surface area contributed by atoms with Crippen LogP contribution in [0.1, 0.15) is 16.7 Å². The van der Waals surface area contributed by atoms with Crippen LogP contribution in [0.5, 0.6) is 5.75 Å². The number of amides is 1. The fourth-order valence-corrected chi connectivity index (χ4v) is 4.84. The number of hydrogen-bond donors (Lipinski definition) is 2. The van der Waals surface area contributed by atoms with Gasteiger partial charge in [0.2, 0.25) is 0 Å². The molecule has 0 aliphatic rings. The number of sulfonamides is 1. The first-order valence-corrected chi connectivity index (χ1v) is 12.4. The van der Waals surface area contributed by atoms with Crippen LogP contribution in [0.4, 0.5) is 5.69 Å². The Kier molecular flexibility index (Phi) is 6.84. The topological polar surface area (TPSA) is 84.5 Å². The summed E-state index contributed by atoms with van der Waals surface area (Å²) in [6.45, 7) is 4.05. The van der Waals surface area contributed by atoms with Gasteiger partial charge in [-0.15, -0.1) is 0 Å². The number of anilines is 1. The number of nitrogens with one attached hydrogen (secondary N) is 2. The molecule has 0 aromatic heterocycles. The highest BCUT2D eigenvalue weighted by molar-refractivity contribution is 7.92. The van der Waals surface area contributed by atoms with Gasteiger partial charge < -0.3 is 10.1 Å². The minimum absolute atomic E-state index is 0.111. The molecule has 4 rings (SSSR count). The van der Waals surface area contributed by atoms with Crippen LogP contribution in [0.3, 0.4) is 0 Å². The van der Waals surface area contributed by atoms with Crippen LogP contribution >= 0.6 is 0 Å². The SMILES string of the molecule is Cc1cc(C)cc(NS(=O)(=O)c2ccc(OCC(=O)NCc3cccc4ccccc34)cc2)c1. The Morgan fingerprint density at radius 3 is 2.26 bits per heavy atom. The third-order valence-corrected chi connectivity index (χ3v) is 6.73. The summed E-state index contributed by atoms with van der Waals surface area (Å²) in [4.78, 5) is 12.4. The van der Waals surface area contributed by atoms with E-state index in [1.54, 1.807) is 12.1 Å². The summed E-state index contributed by atoms with van der Waals surface area (Å²) in [5.41, 5.74) is 3.48. The van der Waals surface area contributed by atoms with Crippen molar-refractivity contribution >= 4 is 32.4 Å². The Morgan fingerprint density at radius 1 is 0.853 bits per heavy atom. The molecule has 34 heavy (non-hydrogen) atoms. The van der Waals surface area contributed by atoms with E-state index in [0.717, 1.165) is 27.5 Å². The van der Waals surface area contributed by atoms with Crippen molar-refractivity contribution < 1.29 is 17.9 Å². The van der Waals surface area contributed by atoms with Crippen molar-refractivity contribution in [3.8, 4) is 5.75 Å². The second kappa shape index (κ2) is 9.97. The third kappa shape index (κ3) is 5.74. The smallest absolute Gasteiger partial charge is 0.261 e. The molecule has 0 bridgehead atoms. The van der Waals surface area contributed by atoms with Crippen molar-refractivity contribution in [1.82, 2.24) is 5.32 Å².